The van der Waals surface area contributed by atoms with Gasteiger partial charge < -0.3 is 0 Å². The van der Waals surface area contributed by atoms with Gasteiger partial charge in [-0.1, -0.05) is 62.7 Å². The van der Waals surface area contributed by atoms with Gasteiger partial charge in [-0.25, -0.2) is 4.57 Å². The molecule has 1 fully saturated rings. The van der Waals surface area contributed by atoms with Crippen LogP contribution in [0.4, 0.5) is 0 Å². The number of aryl methyl sites for hydroxylation is 2. The van der Waals surface area contributed by atoms with Crippen molar-refractivity contribution >= 4 is 33.4 Å². The van der Waals surface area contributed by atoms with Crippen molar-refractivity contribution in [2.45, 2.75) is 75.0 Å². The summed E-state index contributed by atoms with van der Waals surface area (Å²) >= 11 is 1.95. The summed E-state index contributed by atoms with van der Waals surface area (Å²) < 4.78 is 2.23. The van der Waals surface area contributed by atoms with Gasteiger partial charge in [-0.2, -0.15) is 0 Å². The maximum atomic E-state index is 4.92. The molecule has 33 heavy (non-hydrogen) atoms. The van der Waals surface area contributed by atoms with E-state index >= 15 is 0 Å². The predicted octanol–water partition coefficient (Wildman–Crippen LogP) is 8.12. The fourth-order valence-corrected chi connectivity index (χ4v) is 7.75. The Morgan fingerprint density at radius 1 is 1.03 bits per heavy atom. The van der Waals surface area contributed by atoms with E-state index in [1.165, 1.54) is 86.9 Å². The molecule has 2 nitrogen and oxygen atoms in total. The molecule has 2 aliphatic rings. The van der Waals surface area contributed by atoms with Gasteiger partial charge in [-0.15, -0.1) is 0 Å². The van der Waals surface area contributed by atoms with E-state index in [1.807, 2.05) is 18.1 Å². The molecule has 1 aromatic heterocycles. The molecular formula is C30H33N2S+. The van der Waals surface area contributed by atoms with E-state index < -0.39 is 0 Å². The molecule has 6 rings (SSSR count). The van der Waals surface area contributed by atoms with E-state index in [4.69, 9.17) is 4.98 Å². The van der Waals surface area contributed by atoms with Gasteiger partial charge in [0.2, 0.25) is 0 Å². The molecule has 1 aliphatic carbocycles. The van der Waals surface area contributed by atoms with E-state index in [1.54, 1.807) is 0 Å². The zero-order valence-corrected chi connectivity index (χ0v) is 21.1. The summed E-state index contributed by atoms with van der Waals surface area (Å²) in [5.74, 6) is 0.663. The molecule has 0 bridgehead atoms. The first-order valence-corrected chi connectivity index (χ1v) is 13.4. The SMILES string of the molecule is CCC1(CC)CCC(c2cc3c4c([n+](C)cnc4c2)-c2c(cc4ccccc4c2C)S3)CC1. The first kappa shape index (κ1) is 21.2. The molecule has 3 heteroatoms. The van der Waals surface area contributed by atoms with E-state index in [2.05, 4.69) is 74.9 Å². The van der Waals surface area contributed by atoms with Crippen molar-refractivity contribution in [2.75, 3.05) is 0 Å². The Kier molecular flexibility index (Phi) is 5.03. The number of hydrogen-bond acceptors (Lipinski definition) is 2. The van der Waals surface area contributed by atoms with Gasteiger partial charge in [-0.05, 0) is 89.0 Å². The third kappa shape index (κ3) is 3.23. The minimum absolute atomic E-state index is 0.576. The van der Waals surface area contributed by atoms with Gasteiger partial charge in [0.25, 0.3) is 6.33 Å². The Morgan fingerprint density at radius 3 is 2.55 bits per heavy atom. The minimum atomic E-state index is 0.576. The lowest BCUT2D eigenvalue weighted by molar-refractivity contribution is -0.662. The van der Waals surface area contributed by atoms with Crippen LogP contribution in [0.1, 0.15) is 69.4 Å². The number of benzene rings is 3. The second-order valence-corrected chi connectivity index (χ2v) is 11.4. The Bertz CT molecular complexity index is 1390. The average Bonchev–Trinajstić information content (AvgIpc) is 2.85. The molecule has 2 heterocycles. The molecule has 0 amide bonds. The predicted molar refractivity (Wildman–Crippen MR) is 139 cm³/mol. The monoisotopic (exact) mass is 453 g/mol. The zero-order valence-electron chi connectivity index (χ0n) is 20.2. The van der Waals surface area contributed by atoms with Crippen LogP contribution in [0, 0.1) is 12.3 Å². The molecule has 0 unspecified atom stereocenters. The van der Waals surface area contributed by atoms with Crippen molar-refractivity contribution in [2.24, 2.45) is 12.5 Å². The Morgan fingerprint density at radius 2 is 1.79 bits per heavy atom. The summed E-state index contributed by atoms with van der Waals surface area (Å²) in [6.07, 6.45) is 10.0. The Labute approximate surface area is 201 Å². The van der Waals surface area contributed by atoms with Crippen molar-refractivity contribution in [3.63, 3.8) is 0 Å². The molecule has 168 valence electrons. The van der Waals surface area contributed by atoms with Crippen molar-refractivity contribution in [1.82, 2.24) is 4.98 Å². The van der Waals surface area contributed by atoms with Crippen LogP contribution in [0.5, 0.6) is 0 Å². The topological polar surface area (TPSA) is 16.8 Å². The smallest absolute Gasteiger partial charge is 0.232 e. The third-order valence-electron chi connectivity index (χ3n) is 8.81. The van der Waals surface area contributed by atoms with Crippen LogP contribution in [0.2, 0.25) is 0 Å². The van der Waals surface area contributed by atoms with Crippen molar-refractivity contribution in [3.8, 4) is 11.3 Å². The van der Waals surface area contributed by atoms with E-state index in [-0.39, 0.29) is 0 Å². The van der Waals surface area contributed by atoms with Gasteiger partial charge in [0, 0.05) is 15.4 Å². The normalized spacial score (nSPS) is 17.5. The molecule has 0 atom stereocenters. The fraction of sp³-hybridized carbons (Fsp3) is 0.400. The largest absolute Gasteiger partial charge is 0.287 e. The van der Waals surface area contributed by atoms with Gasteiger partial charge in [0.1, 0.15) is 5.69 Å². The molecular weight excluding hydrogens is 420 g/mol. The molecule has 0 radical (unpaired) electrons. The molecule has 0 saturated heterocycles. The first-order valence-electron chi connectivity index (χ1n) is 12.6. The van der Waals surface area contributed by atoms with Gasteiger partial charge in [-0.3, -0.25) is 0 Å². The second-order valence-electron chi connectivity index (χ2n) is 10.3. The lowest BCUT2D eigenvalue weighted by Crippen LogP contribution is -2.33. The highest BCUT2D eigenvalue weighted by Crippen LogP contribution is 2.52. The summed E-state index contributed by atoms with van der Waals surface area (Å²) in [4.78, 5) is 7.67. The average molecular weight is 454 g/mol. The first-order chi connectivity index (χ1) is 16.0. The van der Waals surface area contributed by atoms with E-state index in [0.717, 1.165) is 5.52 Å². The summed E-state index contributed by atoms with van der Waals surface area (Å²) in [7, 11) is 2.14. The highest BCUT2D eigenvalue weighted by Gasteiger charge is 2.34. The van der Waals surface area contributed by atoms with Crippen LogP contribution in [-0.4, -0.2) is 4.98 Å². The van der Waals surface area contributed by atoms with Crippen LogP contribution in [0.15, 0.2) is 58.6 Å². The lowest BCUT2D eigenvalue weighted by Gasteiger charge is -2.39. The summed E-state index contributed by atoms with van der Waals surface area (Å²) in [6, 6.07) is 16.1. The maximum absolute atomic E-state index is 4.92. The molecule has 3 aromatic carbocycles. The Balaban J connectivity index is 1.50. The van der Waals surface area contributed by atoms with Crippen LogP contribution < -0.4 is 4.57 Å². The van der Waals surface area contributed by atoms with Crippen molar-refractivity contribution in [3.05, 3.63) is 59.9 Å². The third-order valence-corrected chi connectivity index (χ3v) is 9.89. The van der Waals surface area contributed by atoms with Crippen molar-refractivity contribution < 1.29 is 4.57 Å². The number of fused-ring (bicyclic) bond motifs is 3. The standard InChI is InChI=1S/C30H33N2S/c1-5-30(6-2)13-11-20(12-14-30)22-15-24-28-26(17-22)33-25-16-21-9-7-8-10-23(21)19(3)27(25)29(28)32(4)18-31-24/h7-10,15-18,20H,5-6,11-14H2,1-4H3/q+1. The Hall–Kier alpha value is -2.39. The highest BCUT2D eigenvalue weighted by atomic mass is 32.2. The van der Waals surface area contributed by atoms with Crippen molar-refractivity contribution in [1.29, 1.82) is 0 Å². The second kappa shape index (κ2) is 7.84. The molecule has 0 spiro atoms. The maximum Gasteiger partial charge on any atom is 0.287 e. The molecule has 4 aromatic rings. The lowest BCUT2D eigenvalue weighted by atomic mass is 9.66. The van der Waals surface area contributed by atoms with Crippen LogP contribution in [0.25, 0.3) is 32.9 Å². The summed E-state index contributed by atoms with van der Waals surface area (Å²) in [6.45, 7) is 7.05. The molecule has 1 aliphatic heterocycles. The van der Waals surface area contributed by atoms with Crippen LogP contribution in [0.3, 0.4) is 0 Å². The number of hydrogen-bond donors (Lipinski definition) is 0. The number of nitrogens with zero attached hydrogens (tertiary/aromatic N) is 2. The van der Waals surface area contributed by atoms with Gasteiger partial charge in [0.15, 0.2) is 5.52 Å². The van der Waals surface area contributed by atoms with Gasteiger partial charge >= 0.3 is 0 Å². The number of aromatic nitrogens is 2. The zero-order chi connectivity index (χ0) is 22.7. The summed E-state index contributed by atoms with van der Waals surface area (Å²) in [5.41, 5.74) is 7.30. The quantitative estimate of drug-likeness (QED) is 0.257. The van der Waals surface area contributed by atoms with Crippen LogP contribution >= 0.6 is 11.8 Å². The van der Waals surface area contributed by atoms with Crippen LogP contribution in [-0.2, 0) is 7.05 Å². The number of rotatable bonds is 3. The highest BCUT2D eigenvalue weighted by molar-refractivity contribution is 7.99. The van der Waals surface area contributed by atoms with E-state index in [9.17, 15) is 0 Å². The fourth-order valence-electron chi connectivity index (χ4n) is 6.47. The minimum Gasteiger partial charge on any atom is -0.232 e. The molecule has 1 saturated carbocycles. The summed E-state index contributed by atoms with van der Waals surface area (Å²) in [5, 5.41) is 4.00. The van der Waals surface area contributed by atoms with Gasteiger partial charge in [0.05, 0.1) is 12.4 Å². The van der Waals surface area contributed by atoms with E-state index in [0.29, 0.717) is 11.3 Å². The molecule has 0 N–H and O–H groups in total.